The zero-order valence-corrected chi connectivity index (χ0v) is 21.9. The number of anilines is 1. The molecule has 4 aromatic rings. The summed E-state index contributed by atoms with van der Waals surface area (Å²) in [5.41, 5.74) is 1.54. The number of halogens is 1. The Kier molecular flexibility index (Phi) is 6.98. The molecule has 0 N–H and O–H groups in total. The molecule has 1 aliphatic rings. The largest absolute Gasteiger partial charge is 0.497 e. The third kappa shape index (κ3) is 4.71. The van der Waals surface area contributed by atoms with Gasteiger partial charge in [-0.3, -0.25) is 9.69 Å². The zero-order chi connectivity index (χ0) is 25.3. The fraction of sp³-hybridized carbons (Fsp3) is 0.231. The highest BCUT2D eigenvalue weighted by atomic mass is 35.5. The number of hydrogen-bond acceptors (Lipinski definition) is 6. The highest BCUT2D eigenvalue weighted by Crippen LogP contribution is 2.36. The molecule has 186 valence electrons. The van der Waals surface area contributed by atoms with E-state index in [1.54, 1.807) is 23.1 Å². The predicted molar refractivity (Wildman–Crippen MR) is 142 cm³/mol. The summed E-state index contributed by atoms with van der Waals surface area (Å²) >= 11 is 7.72. The maximum Gasteiger partial charge on any atom is 0.247 e. The van der Waals surface area contributed by atoms with Gasteiger partial charge in [0.25, 0.3) is 0 Å². The van der Waals surface area contributed by atoms with E-state index in [0.717, 1.165) is 10.3 Å². The SMILES string of the molecule is COc1ccc(S(=O)(=O)N2CCCC2C(=O)N(Cc2ccccc2)c2nc3c(Cl)cccc3s2)cc1. The van der Waals surface area contributed by atoms with E-state index in [2.05, 4.69) is 4.98 Å². The maximum atomic E-state index is 14.0. The Morgan fingerprint density at radius 1 is 1.11 bits per heavy atom. The van der Waals surface area contributed by atoms with Crippen LogP contribution < -0.4 is 9.64 Å². The first kappa shape index (κ1) is 24.7. The van der Waals surface area contributed by atoms with Crippen molar-refractivity contribution in [1.29, 1.82) is 0 Å². The molecule has 36 heavy (non-hydrogen) atoms. The number of para-hydroxylation sites is 1. The van der Waals surface area contributed by atoms with Crippen molar-refractivity contribution in [3.63, 3.8) is 0 Å². The van der Waals surface area contributed by atoms with Crippen LogP contribution in [0.2, 0.25) is 5.02 Å². The van der Waals surface area contributed by atoms with Gasteiger partial charge in [-0.05, 0) is 54.8 Å². The van der Waals surface area contributed by atoms with Crippen LogP contribution in [0.25, 0.3) is 10.2 Å². The summed E-state index contributed by atoms with van der Waals surface area (Å²) in [7, 11) is -2.36. The van der Waals surface area contributed by atoms with Gasteiger partial charge in [0.05, 0.1) is 28.3 Å². The Hall–Kier alpha value is -2.98. The minimum atomic E-state index is -3.89. The number of thiazole rings is 1. The second kappa shape index (κ2) is 10.2. The van der Waals surface area contributed by atoms with Crippen LogP contribution in [0.4, 0.5) is 5.13 Å². The molecule has 0 radical (unpaired) electrons. The Morgan fingerprint density at radius 2 is 1.86 bits per heavy atom. The van der Waals surface area contributed by atoms with Gasteiger partial charge in [-0.2, -0.15) is 4.31 Å². The fourth-order valence-electron chi connectivity index (χ4n) is 4.36. The summed E-state index contributed by atoms with van der Waals surface area (Å²) in [6.45, 7) is 0.541. The van der Waals surface area contributed by atoms with Gasteiger partial charge in [-0.1, -0.05) is 59.3 Å². The van der Waals surface area contributed by atoms with Crippen LogP contribution in [0.15, 0.2) is 77.7 Å². The lowest BCUT2D eigenvalue weighted by Crippen LogP contribution is -2.47. The highest BCUT2D eigenvalue weighted by Gasteiger charge is 2.42. The summed E-state index contributed by atoms with van der Waals surface area (Å²) in [5.74, 6) is 0.259. The van der Waals surface area contributed by atoms with Crippen LogP contribution in [0.3, 0.4) is 0 Å². The van der Waals surface area contributed by atoms with Gasteiger partial charge in [0, 0.05) is 6.54 Å². The van der Waals surface area contributed by atoms with Gasteiger partial charge in [0.1, 0.15) is 17.3 Å². The standard InChI is InChI=1S/C26H24ClN3O4S2/c1-34-19-12-14-20(15-13-19)36(32,33)30-16-6-10-22(30)25(31)29(17-18-7-3-2-4-8-18)26-28-24-21(27)9-5-11-23(24)35-26/h2-5,7-9,11-15,22H,6,10,16-17H2,1H3. The fourth-order valence-corrected chi connectivity index (χ4v) is 7.28. The second-order valence-corrected chi connectivity index (χ2v) is 11.7. The van der Waals surface area contributed by atoms with E-state index in [0.29, 0.717) is 34.3 Å². The smallest absolute Gasteiger partial charge is 0.247 e. The van der Waals surface area contributed by atoms with Crippen molar-refractivity contribution in [3.05, 3.63) is 83.4 Å². The Balaban J connectivity index is 1.51. The van der Waals surface area contributed by atoms with Gasteiger partial charge in [0.2, 0.25) is 15.9 Å². The number of nitrogens with zero attached hydrogens (tertiary/aromatic N) is 3. The molecule has 1 atom stereocenters. The quantitative estimate of drug-likeness (QED) is 0.315. The summed E-state index contributed by atoms with van der Waals surface area (Å²) in [6, 6.07) is 20.5. The van der Waals surface area contributed by atoms with Crippen molar-refractivity contribution >= 4 is 54.2 Å². The van der Waals surface area contributed by atoms with E-state index >= 15 is 0 Å². The lowest BCUT2D eigenvalue weighted by Gasteiger charge is -2.28. The lowest BCUT2D eigenvalue weighted by molar-refractivity contribution is -0.121. The predicted octanol–water partition coefficient (Wildman–Crippen LogP) is 5.34. The van der Waals surface area contributed by atoms with E-state index in [1.807, 2.05) is 42.5 Å². The van der Waals surface area contributed by atoms with Crippen LogP contribution in [0.1, 0.15) is 18.4 Å². The molecule has 0 bridgehead atoms. The molecule has 1 aromatic heterocycles. The summed E-state index contributed by atoms with van der Waals surface area (Å²) in [4.78, 5) is 20.4. The van der Waals surface area contributed by atoms with Gasteiger partial charge in [-0.15, -0.1) is 0 Å². The summed E-state index contributed by atoms with van der Waals surface area (Å²) < 4.78 is 34.4. The molecule has 1 aliphatic heterocycles. The summed E-state index contributed by atoms with van der Waals surface area (Å²) in [6.07, 6.45) is 1.03. The molecule has 0 spiro atoms. The molecule has 1 amide bonds. The first-order chi connectivity index (χ1) is 17.4. The molecule has 10 heteroatoms. The zero-order valence-electron chi connectivity index (χ0n) is 19.5. The van der Waals surface area contributed by atoms with E-state index < -0.39 is 16.1 Å². The van der Waals surface area contributed by atoms with Crippen LogP contribution in [0, 0.1) is 0 Å². The van der Waals surface area contributed by atoms with Crippen molar-refractivity contribution < 1.29 is 17.9 Å². The van der Waals surface area contributed by atoms with Gasteiger partial charge >= 0.3 is 0 Å². The minimum Gasteiger partial charge on any atom is -0.497 e. The number of fused-ring (bicyclic) bond motifs is 1. The van der Waals surface area contributed by atoms with Crippen molar-refractivity contribution in [2.24, 2.45) is 0 Å². The molecule has 1 fully saturated rings. The Labute approximate surface area is 218 Å². The van der Waals surface area contributed by atoms with Crippen LogP contribution >= 0.6 is 22.9 Å². The monoisotopic (exact) mass is 541 g/mol. The molecule has 1 unspecified atom stereocenters. The number of hydrogen-bond donors (Lipinski definition) is 0. The van der Waals surface area contributed by atoms with E-state index in [1.165, 1.54) is 34.9 Å². The van der Waals surface area contributed by atoms with Gasteiger partial charge in [-0.25, -0.2) is 13.4 Å². The average Bonchev–Trinajstić information content (AvgIpc) is 3.56. The van der Waals surface area contributed by atoms with Gasteiger partial charge in [0.15, 0.2) is 5.13 Å². The lowest BCUT2D eigenvalue weighted by atomic mass is 10.1. The normalized spacial score (nSPS) is 16.3. The number of methoxy groups -OCH3 is 1. The van der Waals surface area contributed by atoms with E-state index in [-0.39, 0.29) is 23.9 Å². The van der Waals surface area contributed by atoms with Gasteiger partial charge < -0.3 is 4.74 Å². The van der Waals surface area contributed by atoms with Crippen molar-refractivity contribution in [1.82, 2.24) is 9.29 Å². The molecular weight excluding hydrogens is 518 g/mol. The number of carbonyl (C=O) groups is 1. The van der Waals surface area contributed by atoms with E-state index in [9.17, 15) is 13.2 Å². The molecule has 1 saturated heterocycles. The number of carbonyl (C=O) groups excluding carboxylic acids is 1. The first-order valence-electron chi connectivity index (χ1n) is 11.4. The number of sulfonamides is 1. The number of aromatic nitrogens is 1. The Morgan fingerprint density at radius 3 is 2.56 bits per heavy atom. The topological polar surface area (TPSA) is 79.8 Å². The Bertz CT molecular complexity index is 1490. The molecule has 0 saturated carbocycles. The van der Waals surface area contributed by atoms with Crippen molar-refractivity contribution in [3.8, 4) is 5.75 Å². The molecule has 7 nitrogen and oxygen atoms in total. The highest BCUT2D eigenvalue weighted by molar-refractivity contribution is 7.89. The molecule has 2 heterocycles. The maximum absolute atomic E-state index is 14.0. The molecule has 5 rings (SSSR count). The summed E-state index contributed by atoms with van der Waals surface area (Å²) in [5, 5.41) is 0.993. The average molecular weight is 542 g/mol. The van der Waals surface area contributed by atoms with Crippen molar-refractivity contribution in [2.45, 2.75) is 30.3 Å². The molecule has 0 aliphatic carbocycles. The number of ether oxygens (including phenoxy) is 1. The van der Waals surface area contributed by atoms with E-state index in [4.69, 9.17) is 16.3 Å². The van der Waals surface area contributed by atoms with Crippen LogP contribution in [-0.2, 0) is 21.4 Å². The molecule has 3 aromatic carbocycles. The van der Waals surface area contributed by atoms with Crippen molar-refractivity contribution in [2.75, 3.05) is 18.6 Å². The third-order valence-electron chi connectivity index (χ3n) is 6.19. The second-order valence-electron chi connectivity index (χ2n) is 8.44. The minimum absolute atomic E-state index is 0.129. The number of amides is 1. The molecular formula is C26H24ClN3O4S2. The van der Waals surface area contributed by atoms with Crippen LogP contribution in [-0.4, -0.2) is 43.3 Å². The third-order valence-corrected chi connectivity index (χ3v) is 9.46. The number of rotatable bonds is 7. The number of benzene rings is 3. The first-order valence-corrected chi connectivity index (χ1v) is 14.1. The van der Waals surface area contributed by atoms with Crippen LogP contribution in [0.5, 0.6) is 5.75 Å².